The highest BCUT2D eigenvalue weighted by molar-refractivity contribution is 5.53. The summed E-state index contributed by atoms with van der Waals surface area (Å²) in [7, 11) is 0. The molecular formula is C30H23F8NO2. The van der Waals surface area contributed by atoms with Crippen molar-refractivity contribution in [3.05, 3.63) is 126 Å². The summed E-state index contributed by atoms with van der Waals surface area (Å²) in [5.74, 6) is -4.55. The van der Waals surface area contributed by atoms with Crippen molar-refractivity contribution in [1.29, 1.82) is 0 Å². The molecule has 0 amide bonds. The van der Waals surface area contributed by atoms with E-state index in [1.54, 1.807) is 30.3 Å². The maximum Gasteiger partial charge on any atom is 0.458 e. The van der Waals surface area contributed by atoms with E-state index in [4.69, 9.17) is 4.74 Å². The van der Waals surface area contributed by atoms with Crippen molar-refractivity contribution in [3.8, 4) is 11.5 Å². The number of hydrogen-bond donors (Lipinski definition) is 1. The normalized spacial score (nSPS) is 13.9. The van der Waals surface area contributed by atoms with Crippen molar-refractivity contribution in [1.82, 2.24) is 0 Å². The van der Waals surface area contributed by atoms with Crippen LogP contribution in [0.1, 0.15) is 16.7 Å². The molecule has 1 atom stereocenters. The molecule has 4 rings (SSSR count). The second-order valence-corrected chi connectivity index (χ2v) is 9.27. The lowest BCUT2D eigenvalue weighted by Crippen LogP contribution is -2.51. The van der Waals surface area contributed by atoms with Gasteiger partial charge in [0.05, 0.1) is 6.54 Å². The number of halogens is 8. The number of nitrogens with zero attached hydrogens (tertiary/aromatic N) is 1. The van der Waals surface area contributed by atoms with Crippen LogP contribution in [-0.2, 0) is 18.1 Å². The molecular weight excluding hydrogens is 558 g/mol. The van der Waals surface area contributed by atoms with E-state index in [-0.39, 0.29) is 17.0 Å². The molecule has 0 spiro atoms. The van der Waals surface area contributed by atoms with Crippen LogP contribution < -0.4 is 9.64 Å². The fraction of sp³-hybridized carbons (Fsp3) is 0.200. The third-order valence-electron chi connectivity index (χ3n) is 6.32. The van der Waals surface area contributed by atoms with E-state index >= 15 is 0 Å². The van der Waals surface area contributed by atoms with E-state index in [1.807, 2.05) is 0 Å². The Kier molecular flexibility index (Phi) is 8.30. The summed E-state index contributed by atoms with van der Waals surface area (Å²) in [6.45, 7) is -1.67. The lowest BCUT2D eigenvalue weighted by atomic mass is 9.91. The number of rotatable bonds is 9. The van der Waals surface area contributed by atoms with E-state index in [1.165, 1.54) is 48.5 Å². The van der Waals surface area contributed by atoms with E-state index in [0.29, 0.717) is 17.9 Å². The quantitative estimate of drug-likeness (QED) is 0.201. The second kappa shape index (κ2) is 11.4. The SMILES string of the molecule is OC(CN(Cc1cccc(C(F)(F)C(F)(F)F)c1)c1cccc(Oc2ccccc2)c1)(c1ccccc1)C(F)(F)F. The summed E-state index contributed by atoms with van der Waals surface area (Å²) in [5.41, 5.74) is -5.33. The van der Waals surface area contributed by atoms with Gasteiger partial charge in [-0.2, -0.15) is 35.1 Å². The summed E-state index contributed by atoms with van der Waals surface area (Å²) in [5, 5.41) is 11.1. The summed E-state index contributed by atoms with van der Waals surface area (Å²) in [6, 6.07) is 23.9. The lowest BCUT2D eigenvalue weighted by Gasteiger charge is -2.37. The minimum Gasteiger partial charge on any atom is -0.457 e. The number of ether oxygens (including phenoxy) is 1. The molecule has 0 heterocycles. The van der Waals surface area contributed by atoms with Crippen molar-refractivity contribution in [2.24, 2.45) is 0 Å². The molecule has 4 aromatic carbocycles. The van der Waals surface area contributed by atoms with Crippen LogP contribution in [0.5, 0.6) is 11.5 Å². The Balaban J connectivity index is 1.77. The third kappa shape index (κ3) is 6.62. The molecule has 41 heavy (non-hydrogen) atoms. The number of anilines is 1. The zero-order valence-electron chi connectivity index (χ0n) is 21.1. The predicted molar refractivity (Wildman–Crippen MR) is 137 cm³/mol. The van der Waals surface area contributed by atoms with E-state index in [9.17, 15) is 40.2 Å². The van der Waals surface area contributed by atoms with Gasteiger partial charge in [0.15, 0.2) is 0 Å². The number of para-hydroxylation sites is 1. The van der Waals surface area contributed by atoms with Gasteiger partial charge >= 0.3 is 18.3 Å². The van der Waals surface area contributed by atoms with Crippen LogP contribution in [0.3, 0.4) is 0 Å². The number of hydrogen-bond acceptors (Lipinski definition) is 3. The Hall–Kier alpha value is -4.12. The molecule has 0 radical (unpaired) electrons. The van der Waals surface area contributed by atoms with Gasteiger partial charge in [0.2, 0.25) is 5.60 Å². The molecule has 0 aliphatic rings. The summed E-state index contributed by atoms with van der Waals surface area (Å²) >= 11 is 0. The van der Waals surface area contributed by atoms with Gasteiger partial charge in [0, 0.05) is 23.9 Å². The van der Waals surface area contributed by atoms with Crippen molar-refractivity contribution in [3.63, 3.8) is 0 Å². The van der Waals surface area contributed by atoms with E-state index < -0.39 is 48.1 Å². The van der Waals surface area contributed by atoms with E-state index in [2.05, 4.69) is 0 Å². The number of alkyl halides is 8. The fourth-order valence-corrected chi connectivity index (χ4v) is 4.19. The first-order valence-corrected chi connectivity index (χ1v) is 12.2. The van der Waals surface area contributed by atoms with Crippen molar-refractivity contribution >= 4 is 5.69 Å². The molecule has 0 aliphatic carbocycles. The molecule has 216 valence electrons. The molecule has 1 unspecified atom stereocenters. The third-order valence-corrected chi connectivity index (χ3v) is 6.32. The van der Waals surface area contributed by atoms with Crippen molar-refractivity contribution in [2.45, 2.75) is 30.4 Å². The molecule has 0 fully saturated rings. The Labute approximate surface area is 230 Å². The smallest absolute Gasteiger partial charge is 0.457 e. The molecule has 4 aromatic rings. The first kappa shape index (κ1) is 29.9. The highest BCUT2D eigenvalue weighted by Gasteiger charge is 2.59. The molecule has 3 nitrogen and oxygen atoms in total. The lowest BCUT2D eigenvalue weighted by molar-refractivity contribution is -0.289. The van der Waals surface area contributed by atoms with Gasteiger partial charge in [-0.25, -0.2) is 0 Å². The van der Waals surface area contributed by atoms with Gasteiger partial charge in [-0.05, 0) is 41.5 Å². The molecule has 0 saturated carbocycles. The largest absolute Gasteiger partial charge is 0.458 e. The Morgan fingerprint density at radius 3 is 1.76 bits per heavy atom. The summed E-state index contributed by atoms with van der Waals surface area (Å²) in [4.78, 5) is 1.04. The van der Waals surface area contributed by atoms with Gasteiger partial charge in [-0.15, -0.1) is 0 Å². The van der Waals surface area contributed by atoms with Gasteiger partial charge in [0.1, 0.15) is 11.5 Å². The topological polar surface area (TPSA) is 32.7 Å². The fourth-order valence-electron chi connectivity index (χ4n) is 4.19. The molecule has 0 saturated heterocycles. The van der Waals surface area contributed by atoms with Crippen LogP contribution in [0, 0.1) is 0 Å². The second-order valence-electron chi connectivity index (χ2n) is 9.27. The molecule has 1 N–H and O–H groups in total. The maximum absolute atomic E-state index is 14.4. The number of benzene rings is 4. The standard InChI is InChI=1S/C30H23F8NO2/c31-28(32,30(36,37)38)23-12-7-9-21(17-23)19-39(20-27(40,29(33,34)35)22-10-3-1-4-11-22)24-13-8-16-26(18-24)41-25-14-5-2-6-15-25/h1-18,40H,19-20H2. The minimum absolute atomic E-state index is 0.0880. The van der Waals surface area contributed by atoms with Crippen LogP contribution in [0.25, 0.3) is 0 Å². The average Bonchev–Trinajstić information content (AvgIpc) is 2.93. The molecule has 0 aromatic heterocycles. The van der Waals surface area contributed by atoms with Crippen LogP contribution in [0.4, 0.5) is 40.8 Å². The zero-order chi connectivity index (χ0) is 29.9. The Bertz CT molecular complexity index is 1440. The highest BCUT2D eigenvalue weighted by atomic mass is 19.4. The summed E-state index contributed by atoms with van der Waals surface area (Å²) < 4.78 is 116. The zero-order valence-corrected chi connectivity index (χ0v) is 21.1. The summed E-state index contributed by atoms with van der Waals surface area (Å²) in [6.07, 6.45) is -11.1. The predicted octanol–water partition coefficient (Wildman–Crippen LogP) is 8.59. The van der Waals surface area contributed by atoms with Crippen LogP contribution in [0.15, 0.2) is 109 Å². The monoisotopic (exact) mass is 581 g/mol. The van der Waals surface area contributed by atoms with Crippen LogP contribution >= 0.6 is 0 Å². The number of aliphatic hydroxyl groups is 1. The molecule has 0 aliphatic heterocycles. The van der Waals surface area contributed by atoms with Crippen LogP contribution in [0.2, 0.25) is 0 Å². The highest BCUT2D eigenvalue weighted by Crippen LogP contribution is 2.45. The minimum atomic E-state index is -5.88. The van der Waals surface area contributed by atoms with Gasteiger partial charge < -0.3 is 14.7 Å². The van der Waals surface area contributed by atoms with E-state index in [0.717, 1.165) is 23.1 Å². The average molecular weight is 582 g/mol. The first-order valence-electron chi connectivity index (χ1n) is 12.2. The van der Waals surface area contributed by atoms with Gasteiger partial charge in [0.25, 0.3) is 0 Å². The van der Waals surface area contributed by atoms with Crippen LogP contribution in [-0.4, -0.2) is 24.0 Å². The Morgan fingerprint density at radius 2 is 1.15 bits per heavy atom. The van der Waals surface area contributed by atoms with Gasteiger partial charge in [-0.3, -0.25) is 0 Å². The maximum atomic E-state index is 14.4. The van der Waals surface area contributed by atoms with Gasteiger partial charge in [-0.1, -0.05) is 72.8 Å². The first-order chi connectivity index (χ1) is 19.2. The molecule has 11 heteroatoms. The van der Waals surface area contributed by atoms with Crippen molar-refractivity contribution in [2.75, 3.05) is 11.4 Å². The Morgan fingerprint density at radius 1 is 0.585 bits per heavy atom. The molecule has 0 bridgehead atoms. The van der Waals surface area contributed by atoms with Crippen molar-refractivity contribution < 1.29 is 45.0 Å².